The van der Waals surface area contributed by atoms with E-state index in [-0.39, 0.29) is 12.5 Å². The average Bonchev–Trinajstić information content (AvgIpc) is 3.05. The topological polar surface area (TPSA) is 84.1 Å². The number of nitriles is 1. The maximum absolute atomic E-state index is 12.7. The van der Waals surface area contributed by atoms with E-state index in [1.165, 1.54) is 6.92 Å². The third-order valence-corrected chi connectivity index (χ3v) is 5.14. The number of nitrogens with zero attached hydrogens (tertiary/aromatic N) is 2. The van der Waals surface area contributed by atoms with Gasteiger partial charge in [0.25, 0.3) is 0 Å². The van der Waals surface area contributed by atoms with E-state index in [1.54, 1.807) is 18.5 Å². The van der Waals surface area contributed by atoms with Gasteiger partial charge in [-0.25, -0.2) is 4.79 Å². The quantitative estimate of drug-likeness (QED) is 0.579. The Hall–Kier alpha value is -3.85. The standard InChI is InChI=1S/C25H25N3O3/c1-5-22-21(15-26)23(24(28(22)4)25(30)31-6-2)19-9-7-17(8-10-19)18-11-13-20(14-12-18)27-16(3)29/h7-14H,5-6H2,1-4H3,(H,27,29). The van der Waals surface area contributed by atoms with Crippen LogP contribution in [0.4, 0.5) is 5.69 Å². The summed E-state index contributed by atoms with van der Waals surface area (Å²) in [5.74, 6) is -0.550. The van der Waals surface area contributed by atoms with Gasteiger partial charge in [-0.2, -0.15) is 5.26 Å². The highest BCUT2D eigenvalue weighted by molar-refractivity contribution is 5.98. The normalized spacial score (nSPS) is 10.4. The number of rotatable bonds is 6. The highest BCUT2D eigenvalue weighted by atomic mass is 16.5. The van der Waals surface area contributed by atoms with E-state index in [9.17, 15) is 14.9 Å². The van der Waals surface area contributed by atoms with Crippen LogP contribution in [0.1, 0.15) is 42.5 Å². The molecule has 31 heavy (non-hydrogen) atoms. The molecule has 6 heteroatoms. The SMILES string of the molecule is CCOC(=O)c1c(-c2ccc(-c3ccc(NC(C)=O)cc3)cc2)c(C#N)c(CC)n1C. The zero-order valence-electron chi connectivity index (χ0n) is 18.2. The summed E-state index contributed by atoms with van der Waals surface area (Å²) >= 11 is 0. The molecule has 0 saturated carbocycles. The minimum absolute atomic E-state index is 0.114. The lowest BCUT2D eigenvalue weighted by Gasteiger charge is -2.09. The van der Waals surface area contributed by atoms with Crippen LogP contribution in [0.25, 0.3) is 22.3 Å². The molecule has 2 aromatic carbocycles. The molecule has 0 aliphatic rings. The van der Waals surface area contributed by atoms with Gasteiger partial charge in [0.05, 0.1) is 12.2 Å². The summed E-state index contributed by atoms with van der Waals surface area (Å²) in [6.45, 7) is 5.46. The average molecular weight is 415 g/mol. The summed E-state index contributed by atoms with van der Waals surface area (Å²) in [6.07, 6.45) is 0.629. The van der Waals surface area contributed by atoms with E-state index in [0.29, 0.717) is 23.2 Å². The van der Waals surface area contributed by atoms with Crippen LogP contribution in [0, 0.1) is 11.3 Å². The van der Waals surface area contributed by atoms with Crippen molar-refractivity contribution in [2.45, 2.75) is 27.2 Å². The molecule has 0 unspecified atom stereocenters. The van der Waals surface area contributed by atoms with Gasteiger partial charge in [0.1, 0.15) is 11.8 Å². The van der Waals surface area contributed by atoms with E-state index in [0.717, 1.165) is 28.1 Å². The van der Waals surface area contributed by atoms with Gasteiger partial charge >= 0.3 is 5.97 Å². The molecule has 1 N–H and O–H groups in total. The third kappa shape index (κ3) is 4.36. The lowest BCUT2D eigenvalue weighted by Crippen LogP contribution is -2.12. The summed E-state index contributed by atoms with van der Waals surface area (Å²) in [7, 11) is 1.79. The second kappa shape index (κ2) is 9.31. The lowest BCUT2D eigenvalue weighted by molar-refractivity contribution is -0.114. The monoisotopic (exact) mass is 415 g/mol. The van der Waals surface area contributed by atoms with Gasteiger partial charge in [-0.1, -0.05) is 43.3 Å². The summed E-state index contributed by atoms with van der Waals surface area (Å²) < 4.78 is 7.03. The zero-order valence-corrected chi connectivity index (χ0v) is 18.2. The number of ether oxygens (including phenoxy) is 1. The van der Waals surface area contributed by atoms with Crippen molar-refractivity contribution in [2.24, 2.45) is 7.05 Å². The molecule has 3 aromatic rings. The highest BCUT2D eigenvalue weighted by Crippen LogP contribution is 2.34. The first-order valence-electron chi connectivity index (χ1n) is 10.2. The number of carbonyl (C=O) groups is 2. The number of carbonyl (C=O) groups excluding carboxylic acids is 2. The number of esters is 1. The van der Waals surface area contributed by atoms with Crippen molar-refractivity contribution >= 4 is 17.6 Å². The zero-order chi connectivity index (χ0) is 22.5. The first kappa shape index (κ1) is 21.8. The molecular weight excluding hydrogens is 390 g/mol. The Morgan fingerprint density at radius 2 is 1.55 bits per heavy atom. The minimum atomic E-state index is -0.436. The molecule has 0 spiro atoms. The van der Waals surface area contributed by atoms with Crippen molar-refractivity contribution < 1.29 is 14.3 Å². The molecule has 0 saturated heterocycles. The molecule has 1 aromatic heterocycles. The lowest BCUT2D eigenvalue weighted by atomic mass is 9.97. The summed E-state index contributed by atoms with van der Waals surface area (Å²) in [6, 6.07) is 17.6. The molecule has 0 aliphatic carbocycles. The fourth-order valence-corrected chi connectivity index (χ4v) is 3.77. The molecule has 0 bridgehead atoms. The number of aromatic nitrogens is 1. The van der Waals surface area contributed by atoms with Crippen LogP contribution in [0.3, 0.4) is 0 Å². The second-order valence-electron chi connectivity index (χ2n) is 7.13. The van der Waals surface area contributed by atoms with Crippen molar-refractivity contribution in [2.75, 3.05) is 11.9 Å². The maximum atomic E-state index is 12.7. The van der Waals surface area contributed by atoms with E-state index in [4.69, 9.17) is 4.74 Å². The molecule has 1 amide bonds. The van der Waals surface area contributed by atoms with E-state index >= 15 is 0 Å². The molecule has 1 heterocycles. The van der Waals surface area contributed by atoms with Crippen LogP contribution in [-0.2, 0) is 23.0 Å². The Kier molecular flexibility index (Phi) is 6.56. The van der Waals surface area contributed by atoms with Gasteiger partial charge in [-0.05, 0) is 42.2 Å². The van der Waals surface area contributed by atoms with Crippen molar-refractivity contribution in [3.63, 3.8) is 0 Å². The predicted molar refractivity (Wildman–Crippen MR) is 121 cm³/mol. The van der Waals surface area contributed by atoms with E-state index in [2.05, 4.69) is 11.4 Å². The third-order valence-electron chi connectivity index (χ3n) is 5.14. The molecule has 0 radical (unpaired) electrons. The Balaban J connectivity index is 2.03. The van der Waals surface area contributed by atoms with E-state index < -0.39 is 5.97 Å². The van der Waals surface area contributed by atoms with Gasteiger partial charge in [0, 0.05) is 30.9 Å². The van der Waals surface area contributed by atoms with Gasteiger partial charge in [-0.15, -0.1) is 0 Å². The number of anilines is 1. The Bertz CT molecular complexity index is 1150. The van der Waals surface area contributed by atoms with Crippen molar-refractivity contribution in [1.82, 2.24) is 4.57 Å². The van der Waals surface area contributed by atoms with E-state index in [1.807, 2.05) is 55.5 Å². The number of amides is 1. The molecule has 6 nitrogen and oxygen atoms in total. The van der Waals surface area contributed by atoms with Crippen LogP contribution in [0.2, 0.25) is 0 Å². The summed E-state index contributed by atoms with van der Waals surface area (Å²) in [4.78, 5) is 23.9. The number of hydrogen-bond donors (Lipinski definition) is 1. The fraction of sp³-hybridized carbons (Fsp3) is 0.240. The van der Waals surface area contributed by atoms with Gasteiger partial charge in [0.2, 0.25) is 5.91 Å². The molecule has 0 aliphatic heterocycles. The Morgan fingerprint density at radius 3 is 2.03 bits per heavy atom. The van der Waals surface area contributed by atoms with Crippen LogP contribution in [0.15, 0.2) is 48.5 Å². The van der Waals surface area contributed by atoms with Crippen LogP contribution in [-0.4, -0.2) is 23.1 Å². The van der Waals surface area contributed by atoms with Gasteiger partial charge in [0.15, 0.2) is 0 Å². The Morgan fingerprint density at radius 1 is 1.00 bits per heavy atom. The minimum Gasteiger partial charge on any atom is -0.461 e. The largest absolute Gasteiger partial charge is 0.461 e. The molecular formula is C25H25N3O3. The second-order valence-corrected chi connectivity index (χ2v) is 7.13. The first-order chi connectivity index (χ1) is 14.9. The van der Waals surface area contributed by atoms with Crippen molar-refractivity contribution in [1.29, 1.82) is 5.26 Å². The highest BCUT2D eigenvalue weighted by Gasteiger charge is 2.26. The summed E-state index contributed by atoms with van der Waals surface area (Å²) in [5, 5.41) is 12.6. The number of benzene rings is 2. The van der Waals surface area contributed by atoms with Gasteiger partial charge in [-0.3, -0.25) is 4.79 Å². The maximum Gasteiger partial charge on any atom is 0.355 e. The predicted octanol–water partition coefficient (Wildman–Crippen LogP) is 4.93. The van der Waals surface area contributed by atoms with Crippen LogP contribution >= 0.6 is 0 Å². The number of hydrogen-bond acceptors (Lipinski definition) is 4. The smallest absolute Gasteiger partial charge is 0.355 e. The van der Waals surface area contributed by atoms with Crippen LogP contribution in [0.5, 0.6) is 0 Å². The molecule has 0 fully saturated rings. The fourth-order valence-electron chi connectivity index (χ4n) is 3.77. The van der Waals surface area contributed by atoms with Crippen molar-refractivity contribution in [3.8, 4) is 28.3 Å². The molecule has 0 atom stereocenters. The Labute approximate surface area is 182 Å². The molecule has 158 valence electrons. The van der Waals surface area contributed by atoms with Crippen molar-refractivity contribution in [3.05, 3.63) is 65.5 Å². The number of nitrogens with one attached hydrogen (secondary N) is 1. The van der Waals surface area contributed by atoms with Crippen LogP contribution < -0.4 is 5.32 Å². The summed E-state index contributed by atoms with van der Waals surface area (Å²) in [5.41, 5.74) is 5.81. The molecule has 3 rings (SSSR count). The first-order valence-corrected chi connectivity index (χ1v) is 10.2. The van der Waals surface area contributed by atoms with Gasteiger partial charge < -0.3 is 14.6 Å².